The largest absolute Gasteiger partial charge is 0.396 e. The Balaban J connectivity index is 0.000000469. The molecule has 182 valence electrons. The molecule has 0 saturated carbocycles. The molecule has 33 heavy (non-hydrogen) atoms. The van der Waals surface area contributed by atoms with Crippen molar-refractivity contribution in [3.8, 4) is 0 Å². The fraction of sp³-hybridized carbons (Fsp3) is 0.433. The Hall–Kier alpha value is -2.65. The smallest absolute Gasteiger partial charge is 0.225 e. The third-order valence-corrected chi connectivity index (χ3v) is 5.07. The fourth-order valence-electron chi connectivity index (χ4n) is 2.88. The molecule has 0 radical (unpaired) electrons. The molecular weight excluding hydrogens is 406 g/mol. The van der Waals surface area contributed by atoms with Crippen LogP contribution >= 0.6 is 0 Å². The Morgan fingerprint density at radius 3 is 2.00 bits per heavy atom. The topological polar surface area (TPSA) is 49.3 Å². The van der Waals surface area contributed by atoms with Crippen LogP contribution in [0.25, 0.3) is 0 Å². The SMILES string of the molecule is CC.CC(CO)C(=O)NCc1ccccc1.CCC1=CC=CCCC1.CCc1ccccc1. The summed E-state index contributed by atoms with van der Waals surface area (Å²) in [4.78, 5) is 11.3. The van der Waals surface area contributed by atoms with Crippen molar-refractivity contribution in [2.75, 3.05) is 6.61 Å². The standard InChI is InChI=1S/C11H15NO2.C9H14.C8H10.C2H6/c1-9(8-13)11(14)12-7-10-5-3-2-4-6-10;1-2-9-7-5-3-4-6-8-9;1-2-8-6-4-3-5-7-8;1-2/h2-6,9,13H,7-8H2,1H3,(H,12,14);3,5,7H,2,4,6,8H2,1H3;3-7H,2H2,1H3;1-2H3. The minimum atomic E-state index is -0.335. The highest BCUT2D eigenvalue weighted by molar-refractivity contribution is 5.78. The van der Waals surface area contributed by atoms with Gasteiger partial charge >= 0.3 is 0 Å². The van der Waals surface area contributed by atoms with Crippen LogP contribution in [0.5, 0.6) is 0 Å². The van der Waals surface area contributed by atoms with Crippen LogP contribution in [-0.2, 0) is 17.8 Å². The molecule has 1 aliphatic carbocycles. The molecule has 0 spiro atoms. The third kappa shape index (κ3) is 15.7. The number of aryl methyl sites for hydroxylation is 1. The van der Waals surface area contributed by atoms with Gasteiger partial charge in [-0.3, -0.25) is 4.79 Å². The van der Waals surface area contributed by atoms with Crippen LogP contribution < -0.4 is 5.32 Å². The first-order valence-corrected chi connectivity index (χ1v) is 12.4. The first-order chi connectivity index (χ1) is 16.1. The Morgan fingerprint density at radius 1 is 0.939 bits per heavy atom. The zero-order valence-electron chi connectivity index (χ0n) is 21.4. The predicted octanol–water partition coefficient (Wildman–Crippen LogP) is 7.27. The van der Waals surface area contributed by atoms with Crippen LogP contribution in [0, 0.1) is 5.92 Å². The highest BCUT2D eigenvalue weighted by Gasteiger charge is 2.09. The maximum Gasteiger partial charge on any atom is 0.225 e. The molecule has 1 atom stereocenters. The predicted molar refractivity (Wildman–Crippen MR) is 143 cm³/mol. The van der Waals surface area contributed by atoms with Gasteiger partial charge < -0.3 is 10.4 Å². The maximum absolute atomic E-state index is 11.3. The quantitative estimate of drug-likeness (QED) is 0.485. The number of aliphatic hydroxyl groups excluding tert-OH is 1. The van der Waals surface area contributed by atoms with Gasteiger partial charge in [0.2, 0.25) is 5.91 Å². The van der Waals surface area contributed by atoms with E-state index in [0.717, 1.165) is 12.0 Å². The lowest BCUT2D eigenvalue weighted by atomic mass is 10.1. The Morgan fingerprint density at radius 2 is 1.52 bits per heavy atom. The molecule has 1 aliphatic rings. The van der Waals surface area contributed by atoms with Crippen molar-refractivity contribution in [2.45, 2.75) is 73.3 Å². The molecule has 0 heterocycles. The van der Waals surface area contributed by atoms with Gasteiger partial charge in [-0.1, -0.05) is 119 Å². The average molecular weight is 452 g/mol. The van der Waals surface area contributed by atoms with E-state index in [9.17, 15) is 4.79 Å². The van der Waals surface area contributed by atoms with Gasteiger partial charge in [-0.05, 0) is 43.2 Å². The van der Waals surface area contributed by atoms with Gasteiger partial charge in [0.1, 0.15) is 0 Å². The lowest BCUT2D eigenvalue weighted by molar-refractivity contribution is -0.125. The van der Waals surface area contributed by atoms with Crippen molar-refractivity contribution in [2.24, 2.45) is 5.92 Å². The number of rotatable bonds is 6. The normalized spacial score (nSPS) is 12.7. The number of aliphatic hydroxyl groups is 1. The van der Waals surface area contributed by atoms with Gasteiger partial charge in [0, 0.05) is 6.54 Å². The molecule has 3 nitrogen and oxygen atoms in total. The summed E-state index contributed by atoms with van der Waals surface area (Å²) in [5.74, 6) is -0.449. The molecule has 2 aromatic carbocycles. The summed E-state index contributed by atoms with van der Waals surface area (Å²) in [7, 11) is 0. The first-order valence-electron chi connectivity index (χ1n) is 12.4. The minimum Gasteiger partial charge on any atom is -0.396 e. The number of hydrogen-bond acceptors (Lipinski definition) is 2. The summed E-state index contributed by atoms with van der Waals surface area (Å²) in [6, 6.07) is 20.1. The Labute approximate surface area is 202 Å². The monoisotopic (exact) mass is 451 g/mol. The number of carbonyl (C=O) groups excluding carboxylic acids is 1. The van der Waals surface area contributed by atoms with Crippen molar-refractivity contribution in [1.82, 2.24) is 5.32 Å². The molecule has 1 amide bonds. The summed E-state index contributed by atoms with van der Waals surface area (Å²) >= 11 is 0. The van der Waals surface area contributed by atoms with Crippen LogP contribution in [0.3, 0.4) is 0 Å². The van der Waals surface area contributed by atoms with Crippen LogP contribution in [0.4, 0.5) is 0 Å². The van der Waals surface area contributed by atoms with Crippen molar-refractivity contribution >= 4 is 5.91 Å². The van der Waals surface area contributed by atoms with Crippen molar-refractivity contribution in [3.63, 3.8) is 0 Å². The van der Waals surface area contributed by atoms with E-state index in [1.54, 1.807) is 12.5 Å². The zero-order chi connectivity index (χ0) is 24.7. The molecular formula is C30H45NO2. The number of allylic oxidation sites excluding steroid dienone is 4. The van der Waals surface area contributed by atoms with Gasteiger partial charge in [0.15, 0.2) is 0 Å². The zero-order valence-corrected chi connectivity index (χ0v) is 21.4. The minimum absolute atomic E-state index is 0.110. The average Bonchev–Trinajstić information content (AvgIpc) is 3.19. The van der Waals surface area contributed by atoms with E-state index >= 15 is 0 Å². The molecule has 2 aromatic rings. The van der Waals surface area contributed by atoms with Gasteiger partial charge in [0.05, 0.1) is 12.5 Å². The first kappa shape index (κ1) is 30.4. The van der Waals surface area contributed by atoms with E-state index in [-0.39, 0.29) is 18.4 Å². The second-order valence-corrected chi connectivity index (χ2v) is 7.63. The Bertz CT molecular complexity index is 766. The van der Waals surface area contributed by atoms with Crippen molar-refractivity contribution < 1.29 is 9.90 Å². The second-order valence-electron chi connectivity index (χ2n) is 7.63. The summed E-state index contributed by atoms with van der Waals surface area (Å²) in [6.45, 7) is 10.5. The third-order valence-electron chi connectivity index (χ3n) is 5.07. The summed E-state index contributed by atoms with van der Waals surface area (Å²) in [5.41, 5.74) is 4.07. The lowest BCUT2D eigenvalue weighted by Gasteiger charge is -2.09. The van der Waals surface area contributed by atoms with Gasteiger partial charge in [-0.2, -0.15) is 0 Å². The van der Waals surface area contributed by atoms with Crippen molar-refractivity contribution in [1.29, 1.82) is 0 Å². The number of carbonyl (C=O) groups is 1. The van der Waals surface area contributed by atoms with Gasteiger partial charge in [-0.15, -0.1) is 0 Å². The highest BCUT2D eigenvalue weighted by Crippen LogP contribution is 2.14. The van der Waals surface area contributed by atoms with Crippen LogP contribution in [-0.4, -0.2) is 17.6 Å². The van der Waals surface area contributed by atoms with E-state index < -0.39 is 0 Å². The van der Waals surface area contributed by atoms with Gasteiger partial charge in [0.25, 0.3) is 0 Å². The van der Waals surface area contributed by atoms with E-state index in [0.29, 0.717) is 6.54 Å². The number of amides is 1. The molecule has 1 unspecified atom stereocenters. The summed E-state index contributed by atoms with van der Waals surface area (Å²) in [5, 5.41) is 11.5. The van der Waals surface area contributed by atoms with Crippen molar-refractivity contribution in [3.05, 3.63) is 95.6 Å². The molecule has 3 heteroatoms. The molecule has 0 bridgehead atoms. The maximum atomic E-state index is 11.3. The van der Waals surface area contributed by atoms with Crippen LogP contribution in [0.2, 0.25) is 0 Å². The molecule has 0 saturated heterocycles. The Kier molecular flexibility index (Phi) is 19.5. The summed E-state index contributed by atoms with van der Waals surface area (Å²) in [6.07, 6.45) is 13.0. The van der Waals surface area contributed by atoms with E-state index in [4.69, 9.17) is 5.11 Å². The van der Waals surface area contributed by atoms with E-state index in [1.807, 2.05) is 50.2 Å². The molecule has 2 N–H and O–H groups in total. The summed E-state index contributed by atoms with van der Waals surface area (Å²) < 4.78 is 0. The second kappa shape index (κ2) is 21.2. The number of nitrogens with one attached hydrogen (secondary N) is 1. The van der Waals surface area contributed by atoms with E-state index in [1.165, 1.54) is 31.2 Å². The fourth-order valence-corrected chi connectivity index (χ4v) is 2.88. The van der Waals surface area contributed by atoms with E-state index in [2.05, 4.69) is 61.7 Å². The lowest BCUT2D eigenvalue weighted by Crippen LogP contribution is -2.30. The van der Waals surface area contributed by atoms with Crippen LogP contribution in [0.15, 0.2) is 84.5 Å². The molecule has 0 aliphatic heterocycles. The highest BCUT2D eigenvalue weighted by atomic mass is 16.3. The molecule has 0 fully saturated rings. The number of hydrogen-bond donors (Lipinski definition) is 2. The van der Waals surface area contributed by atoms with Gasteiger partial charge in [-0.25, -0.2) is 0 Å². The number of benzene rings is 2. The molecule has 3 rings (SSSR count). The van der Waals surface area contributed by atoms with Crippen LogP contribution in [0.1, 0.15) is 71.4 Å². The molecule has 0 aromatic heterocycles.